The molecule has 1 aromatic carbocycles. The Balaban J connectivity index is 2.45. The first-order chi connectivity index (χ1) is 9.90. The number of primary amides is 1. The van der Waals surface area contributed by atoms with Crippen LogP contribution in [0.25, 0.3) is 10.9 Å². The molecule has 2 aromatic rings. The Bertz CT molecular complexity index is 735. The van der Waals surface area contributed by atoms with Gasteiger partial charge in [0.1, 0.15) is 5.69 Å². The van der Waals surface area contributed by atoms with Crippen LogP contribution in [0.15, 0.2) is 18.2 Å². The maximum atomic E-state index is 11.4. The number of carboxylic acid groups (broad SMARTS) is 1. The van der Waals surface area contributed by atoms with Crippen LogP contribution in [0, 0.1) is 10.1 Å². The highest BCUT2D eigenvalue weighted by Gasteiger charge is 2.17. The molecule has 0 radical (unpaired) electrons. The third-order valence-electron chi connectivity index (χ3n) is 3.16. The number of nitro groups is 1. The number of H-pyrrole nitrogens is 1. The molecule has 8 nitrogen and oxygen atoms in total. The molecule has 2 rings (SSSR count). The topological polar surface area (TPSA) is 139 Å². The number of hydrogen-bond donors (Lipinski definition) is 3. The number of carbonyl (C=O) groups is 2. The molecule has 1 aromatic heterocycles. The van der Waals surface area contributed by atoms with Gasteiger partial charge in [0.25, 0.3) is 11.6 Å². The normalized spacial score (nSPS) is 10.7. The van der Waals surface area contributed by atoms with E-state index in [0.29, 0.717) is 29.3 Å². The molecular weight excluding hydrogens is 278 g/mol. The molecule has 0 spiro atoms. The zero-order valence-electron chi connectivity index (χ0n) is 11.0. The van der Waals surface area contributed by atoms with Gasteiger partial charge in [-0.25, -0.2) is 0 Å². The predicted octanol–water partition coefficient (Wildman–Crippen LogP) is 1.58. The zero-order valence-corrected chi connectivity index (χ0v) is 11.0. The van der Waals surface area contributed by atoms with E-state index in [4.69, 9.17) is 10.8 Å². The van der Waals surface area contributed by atoms with Crippen molar-refractivity contribution in [2.45, 2.75) is 19.3 Å². The number of hydrogen-bond acceptors (Lipinski definition) is 4. The van der Waals surface area contributed by atoms with Crippen molar-refractivity contribution >= 4 is 28.5 Å². The largest absolute Gasteiger partial charge is 0.481 e. The number of nitro benzene ring substituents is 1. The molecule has 1 amide bonds. The second kappa shape index (κ2) is 5.61. The third kappa shape index (κ3) is 2.99. The molecule has 4 N–H and O–H groups in total. The summed E-state index contributed by atoms with van der Waals surface area (Å²) >= 11 is 0. The second-order valence-corrected chi connectivity index (χ2v) is 4.58. The van der Waals surface area contributed by atoms with Crippen molar-refractivity contribution in [2.24, 2.45) is 5.73 Å². The number of aryl methyl sites for hydroxylation is 1. The minimum atomic E-state index is -0.925. The van der Waals surface area contributed by atoms with E-state index in [1.54, 1.807) is 0 Å². The van der Waals surface area contributed by atoms with E-state index in [1.807, 2.05) is 0 Å². The summed E-state index contributed by atoms with van der Waals surface area (Å²) in [6.07, 6.45) is 0.666. The lowest BCUT2D eigenvalue weighted by Crippen LogP contribution is -2.13. The molecule has 8 heteroatoms. The van der Waals surface area contributed by atoms with Gasteiger partial charge in [-0.3, -0.25) is 19.7 Å². The maximum absolute atomic E-state index is 11.4. The van der Waals surface area contributed by atoms with E-state index in [-0.39, 0.29) is 17.8 Å². The third-order valence-corrected chi connectivity index (χ3v) is 3.16. The van der Waals surface area contributed by atoms with Crippen molar-refractivity contribution in [3.63, 3.8) is 0 Å². The number of rotatable bonds is 6. The van der Waals surface area contributed by atoms with Gasteiger partial charge in [0.15, 0.2) is 0 Å². The molecule has 0 aliphatic rings. The van der Waals surface area contributed by atoms with Crippen molar-refractivity contribution in [1.82, 2.24) is 4.98 Å². The second-order valence-electron chi connectivity index (χ2n) is 4.58. The molecular formula is C13H13N3O5. The molecule has 0 unspecified atom stereocenters. The fraction of sp³-hybridized carbons (Fsp3) is 0.231. The Kier molecular flexibility index (Phi) is 3.88. The minimum absolute atomic E-state index is 0.0299. The van der Waals surface area contributed by atoms with E-state index in [1.165, 1.54) is 18.2 Å². The summed E-state index contributed by atoms with van der Waals surface area (Å²) in [5.74, 6) is -1.61. The molecule has 1 heterocycles. The average molecular weight is 291 g/mol. The lowest BCUT2D eigenvalue weighted by molar-refractivity contribution is -0.384. The summed E-state index contributed by atoms with van der Waals surface area (Å²) in [5, 5.41) is 20.0. The monoisotopic (exact) mass is 291 g/mol. The number of nitrogens with one attached hydrogen (secondary N) is 1. The maximum Gasteiger partial charge on any atom is 0.303 e. The fourth-order valence-corrected chi connectivity index (χ4v) is 2.24. The summed E-state index contributed by atoms with van der Waals surface area (Å²) < 4.78 is 0. The number of amides is 1. The first-order valence-electron chi connectivity index (χ1n) is 6.20. The van der Waals surface area contributed by atoms with E-state index in [2.05, 4.69) is 4.98 Å². The standard InChI is InChI=1S/C13H13N3O5/c14-13(19)12-9(2-1-3-11(17)18)8-5-4-7(16(20)21)6-10(8)15-12/h4-6,15H,1-3H2,(H2,14,19)(H,17,18). The first kappa shape index (κ1) is 14.5. The van der Waals surface area contributed by atoms with Gasteiger partial charge in [-0.2, -0.15) is 0 Å². The quantitative estimate of drug-likeness (QED) is 0.547. The van der Waals surface area contributed by atoms with E-state index < -0.39 is 16.8 Å². The number of aliphatic carboxylic acids is 1. The molecule has 0 aliphatic carbocycles. The van der Waals surface area contributed by atoms with Crippen molar-refractivity contribution < 1.29 is 19.6 Å². The number of nitrogens with zero attached hydrogens (tertiary/aromatic N) is 1. The van der Waals surface area contributed by atoms with Crippen LogP contribution >= 0.6 is 0 Å². The van der Waals surface area contributed by atoms with E-state index in [9.17, 15) is 19.7 Å². The molecule has 21 heavy (non-hydrogen) atoms. The number of carbonyl (C=O) groups excluding carboxylic acids is 1. The zero-order chi connectivity index (χ0) is 15.6. The average Bonchev–Trinajstić information content (AvgIpc) is 2.76. The van der Waals surface area contributed by atoms with Gasteiger partial charge >= 0.3 is 5.97 Å². The van der Waals surface area contributed by atoms with Gasteiger partial charge in [0.05, 0.1) is 10.4 Å². The van der Waals surface area contributed by atoms with Gasteiger partial charge in [-0.1, -0.05) is 0 Å². The highest BCUT2D eigenvalue weighted by molar-refractivity contribution is 6.00. The number of nitrogens with two attached hydrogens (primary N) is 1. The van der Waals surface area contributed by atoms with Crippen LogP contribution in [0.4, 0.5) is 5.69 Å². The molecule has 0 bridgehead atoms. The number of aromatic amines is 1. The van der Waals surface area contributed by atoms with Gasteiger partial charge in [-0.05, 0) is 24.5 Å². The van der Waals surface area contributed by atoms with Crippen molar-refractivity contribution in [1.29, 1.82) is 0 Å². The molecule has 0 saturated heterocycles. The highest BCUT2D eigenvalue weighted by atomic mass is 16.6. The molecule has 110 valence electrons. The first-order valence-corrected chi connectivity index (χ1v) is 6.20. The van der Waals surface area contributed by atoms with Crippen molar-refractivity contribution in [2.75, 3.05) is 0 Å². The summed E-state index contributed by atoms with van der Waals surface area (Å²) in [6.45, 7) is 0. The van der Waals surface area contributed by atoms with Gasteiger partial charge in [-0.15, -0.1) is 0 Å². The number of fused-ring (bicyclic) bond motifs is 1. The summed E-state index contributed by atoms with van der Waals surface area (Å²) in [7, 11) is 0. The molecule has 0 fully saturated rings. The summed E-state index contributed by atoms with van der Waals surface area (Å²) in [6, 6.07) is 4.19. The van der Waals surface area contributed by atoms with Crippen LogP contribution in [0.5, 0.6) is 0 Å². The van der Waals surface area contributed by atoms with Crippen LogP contribution in [-0.2, 0) is 11.2 Å². The van der Waals surface area contributed by atoms with E-state index in [0.717, 1.165) is 0 Å². The fourth-order valence-electron chi connectivity index (χ4n) is 2.24. The van der Waals surface area contributed by atoms with Crippen LogP contribution in [-0.4, -0.2) is 26.9 Å². The Labute approximate surface area is 118 Å². The van der Waals surface area contributed by atoms with Crippen LogP contribution in [0.1, 0.15) is 28.9 Å². The van der Waals surface area contributed by atoms with Crippen LogP contribution in [0.3, 0.4) is 0 Å². The smallest absolute Gasteiger partial charge is 0.303 e. The number of non-ortho nitro benzene ring substituents is 1. The summed E-state index contributed by atoms with van der Waals surface area (Å²) in [5.41, 5.74) is 6.38. The number of carboxylic acids is 1. The van der Waals surface area contributed by atoms with Crippen molar-refractivity contribution in [3.05, 3.63) is 39.6 Å². The van der Waals surface area contributed by atoms with Gasteiger partial charge in [0, 0.05) is 23.9 Å². The lowest BCUT2D eigenvalue weighted by Gasteiger charge is -2.01. The van der Waals surface area contributed by atoms with Gasteiger partial charge in [0.2, 0.25) is 0 Å². The number of aromatic nitrogens is 1. The summed E-state index contributed by atoms with van der Waals surface area (Å²) in [4.78, 5) is 35.0. The minimum Gasteiger partial charge on any atom is -0.481 e. The Hall–Kier alpha value is -2.90. The number of benzene rings is 1. The predicted molar refractivity (Wildman–Crippen MR) is 74.0 cm³/mol. The van der Waals surface area contributed by atoms with Crippen LogP contribution < -0.4 is 5.73 Å². The lowest BCUT2D eigenvalue weighted by atomic mass is 10.0. The van der Waals surface area contributed by atoms with Crippen molar-refractivity contribution in [3.8, 4) is 0 Å². The highest BCUT2D eigenvalue weighted by Crippen LogP contribution is 2.27. The van der Waals surface area contributed by atoms with E-state index >= 15 is 0 Å². The Morgan fingerprint density at radius 1 is 1.38 bits per heavy atom. The molecule has 0 aliphatic heterocycles. The molecule has 0 atom stereocenters. The van der Waals surface area contributed by atoms with Crippen LogP contribution in [0.2, 0.25) is 0 Å². The van der Waals surface area contributed by atoms with Gasteiger partial charge < -0.3 is 15.8 Å². The Morgan fingerprint density at radius 2 is 2.10 bits per heavy atom. The SMILES string of the molecule is NC(=O)c1[nH]c2cc([N+](=O)[O-])ccc2c1CCCC(=O)O. The Morgan fingerprint density at radius 3 is 2.67 bits per heavy atom. The molecule has 0 saturated carbocycles.